The molecule has 2 aromatic heterocycles. The van der Waals surface area contributed by atoms with Crippen LogP contribution in [-0.4, -0.2) is 19.5 Å². The third-order valence-corrected chi connectivity index (χ3v) is 3.80. The van der Waals surface area contributed by atoms with Crippen molar-refractivity contribution in [1.29, 1.82) is 0 Å². The summed E-state index contributed by atoms with van der Waals surface area (Å²) < 4.78 is 38.7. The van der Waals surface area contributed by atoms with Gasteiger partial charge in [0.15, 0.2) is 0 Å². The smallest absolute Gasteiger partial charge is 0.234 e. The van der Waals surface area contributed by atoms with Crippen LogP contribution in [0.2, 0.25) is 0 Å². The van der Waals surface area contributed by atoms with Crippen LogP contribution in [-0.2, 0) is 6.18 Å². The third-order valence-electron chi connectivity index (χ3n) is 1.92. The fourth-order valence-corrected chi connectivity index (χ4v) is 2.79. The van der Waals surface area contributed by atoms with E-state index in [-0.39, 0.29) is 5.52 Å². The lowest BCUT2D eigenvalue weighted by Gasteiger charge is -2.03. The quantitative estimate of drug-likeness (QED) is 0.580. The van der Waals surface area contributed by atoms with Gasteiger partial charge >= 0.3 is 6.18 Å². The minimum Gasteiger partial charge on any atom is -0.234 e. The molecule has 0 amide bonds. The molecule has 0 N–H and O–H groups in total. The Hall–Kier alpha value is -0.500. The lowest BCUT2D eigenvalue weighted by atomic mass is 10.3. The first kappa shape index (κ1) is 12.0. The molecule has 0 saturated carbocycles. The van der Waals surface area contributed by atoms with Gasteiger partial charge in [-0.25, -0.2) is 14.4 Å². The van der Waals surface area contributed by atoms with Crippen LogP contribution in [0.3, 0.4) is 0 Å². The lowest BCUT2D eigenvalue weighted by Crippen LogP contribution is -2.10. The Balaban J connectivity index is 2.67. The molecule has 0 aliphatic heterocycles. The first-order valence-corrected chi connectivity index (χ1v) is 8.16. The second-order valence-corrected chi connectivity index (χ2v) is 5.05. The molecule has 0 spiro atoms. The number of nitrogens with zero attached hydrogens (tertiary/aromatic N) is 4. The molecule has 0 saturated heterocycles. The van der Waals surface area contributed by atoms with E-state index in [2.05, 4.69) is 37.1 Å². The minimum absolute atomic E-state index is 0.256. The Morgan fingerprint density at radius 1 is 1.44 bits per heavy atom. The van der Waals surface area contributed by atoms with Gasteiger partial charge in [0.1, 0.15) is 11.0 Å². The Kier molecular flexibility index (Phi) is 3.04. The number of fused-ring (bicyclic) bond motifs is 1. The van der Waals surface area contributed by atoms with Crippen LogP contribution in [0.5, 0.6) is 0 Å². The van der Waals surface area contributed by atoms with Crippen LogP contribution in [0, 0.1) is 6.92 Å². The van der Waals surface area contributed by atoms with Crippen molar-refractivity contribution in [3.63, 3.8) is 0 Å². The highest BCUT2D eigenvalue weighted by Crippen LogP contribution is 2.31. The number of rotatable bonds is 1. The summed E-state index contributed by atoms with van der Waals surface area (Å²) in [6, 6.07) is 0. The van der Waals surface area contributed by atoms with Gasteiger partial charge in [-0.15, -0.1) is 0 Å². The van der Waals surface area contributed by atoms with Gasteiger partial charge in [0.2, 0.25) is 5.82 Å². The molecule has 2 heterocycles. The number of alkyl halides is 3. The molecule has 0 aromatic carbocycles. The van der Waals surface area contributed by atoms with Crippen LogP contribution in [0.1, 0.15) is 11.5 Å². The van der Waals surface area contributed by atoms with Crippen molar-refractivity contribution in [1.82, 2.24) is 19.5 Å². The molecular formula is C7H5F3IN4P. The molecular weight excluding hydrogens is 355 g/mol. The second-order valence-electron chi connectivity index (χ2n) is 3.01. The van der Waals surface area contributed by atoms with E-state index in [1.807, 2.05) is 0 Å². The standard InChI is InChI=1S/C7H5F3IN4P/c1-3-5-4(15(14-3)16-11)2-12-6(13-5)7(8,9)10/h2,16H,1H3. The molecule has 2 aromatic rings. The summed E-state index contributed by atoms with van der Waals surface area (Å²) in [7, 11) is 0. The predicted octanol–water partition coefficient (Wildman–Crippen LogP) is 2.95. The maximum Gasteiger partial charge on any atom is 0.451 e. The summed E-state index contributed by atoms with van der Waals surface area (Å²) in [6.45, 7) is 1.63. The molecule has 0 aliphatic carbocycles. The van der Waals surface area contributed by atoms with Crippen molar-refractivity contribution in [2.45, 2.75) is 13.1 Å². The van der Waals surface area contributed by atoms with E-state index in [4.69, 9.17) is 0 Å². The summed E-state index contributed by atoms with van der Waals surface area (Å²) in [5.41, 5.74) is 1.26. The van der Waals surface area contributed by atoms with Gasteiger partial charge in [-0.2, -0.15) is 18.3 Å². The van der Waals surface area contributed by atoms with Gasteiger partial charge < -0.3 is 0 Å². The molecule has 2 rings (SSSR count). The maximum absolute atomic E-state index is 12.4. The molecule has 1 unspecified atom stereocenters. The number of halogens is 4. The van der Waals surface area contributed by atoms with Crippen LogP contribution < -0.4 is 0 Å². The normalized spacial score (nSPS) is 13.1. The Bertz CT molecular complexity index is 538. The highest BCUT2D eigenvalue weighted by Gasteiger charge is 2.35. The van der Waals surface area contributed by atoms with Crippen LogP contribution in [0.25, 0.3) is 11.0 Å². The van der Waals surface area contributed by atoms with E-state index in [0.29, 0.717) is 17.6 Å². The van der Waals surface area contributed by atoms with E-state index < -0.39 is 12.0 Å². The Morgan fingerprint density at radius 2 is 2.12 bits per heavy atom. The summed E-state index contributed by atoms with van der Waals surface area (Å²) in [6.07, 6.45) is -3.05. The van der Waals surface area contributed by atoms with Crippen LogP contribution in [0.15, 0.2) is 6.20 Å². The predicted molar refractivity (Wildman–Crippen MR) is 62.8 cm³/mol. The number of hydrogen-bond acceptors (Lipinski definition) is 3. The van der Waals surface area contributed by atoms with Crippen molar-refractivity contribution in [3.8, 4) is 0 Å². The van der Waals surface area contributed by atoms with E-state index >= 15 is 0 Å². The molecule has 1 atom stereocenters. The van der Waals surface area contributed by atoms with Gasteiger partial charge in [0, 0.05) is 0 Å². The molecule has 16 heavy (non-hydrogen) atoms. The molecule has 86 valence electrons. The Labute approximate surface area is 103 Å². The highest BCUT2D eigenvalue weighted by atomic mass is 127. The second kappa shape index (κ2) is 4.06. The minimum atomic E-state index is -4.52. The van der Waals surface area contributed by atoms with E-state index in [1.54, 1.807) is 11.4 Å². The molecule has 9 heteroatoms. The number of hydrogen-bond donors (Lipinski definition) is 0. The largest absolute Gasteiger partial charge is 0.451 e. The van der Waals surface area contributed by atoms with Gasteiger partial charge in [-0.3, -0.25) is 0 Å². The zero-order valence-corrected chi connectivity index (χ0v) is 11.0. The average Bonchev–Trinajstić information content (AvgIpc) is 2.54. The van der Waals surface area contributed by atoms with Crippen molar-refractivity contribution >= 4 is 39.4 Å². The average molecular weight is 360 g/mol. The molecule has 0 fully saturated rings. The first-order valence-electron chi connectivity index (χ1n) is 4.09. The van der Waals surface area contributed by atoms with E-state index in [0.717, 1.165) is 6.20 Å². The van der Waals surface area contributed by atoms with Crippen molar-refractivity contribution in [3.05, 3.63) is 17.7 Å². The lowest BCUT2D eigenvalue weighted by molar-refractivity contribution is -0.144. The number of aromatic nitrogens is 4. The summed E-state index contributed by atoms with van der Waals surface area (Å²) in [5, 5.41) is 4.08. The molecule has 0 bridgehead atoms. The van der Waals surface area contributed by atoms with E-state index in [1.165, 1.54) is 0 Å². The SMILES string of the molecule is Cc1nn(PI)c2cnc(C(F)(F)F)nc12. The van der Waals surface area contributed by atoms with Gasteiger partial charge in [0.25, 0.3) is 0 Å². The third kappa shape index (κ3) is 2.00. The van der Waals surface area contributed by atoms with Crippen LogP contribution >= 0.6 is 28.4 Å². The fourth-order valence-electron chi connectivity index (χ4n) is 1.25. The van der Waals surface area contributed by atoms with Crippen molar-refractivity contribution < 1.29 is 13.2 Å². The van der Waals surface area contributed by atoms with Gasteiger partial charge in [-0.05, 0) is 29.0 Å². The number of aryl methyl sites for hydroxylation is 1. The monoisotopic (exact) mass is 360 g/mol. The highest BCUT2D eigenvalue weighted by molar-refractivity contribution is 14.2. The maximum atomic E-state index is 12.4. The fraction of sp³-hybridized carbons (Fsp3) is 0.286. The van der Waals surface area contributed by atoms with Crippen molar-refractivity contribution in [2.75, 3.05) is 0 Å². The topological polar surface area (TPSA) is 43.6 Å². The van der Waals surface area contributed by atoms with Crippen LogP contribution in [0.4, 0.5) is 13.2 Å². The Morgan fingerprint density at radius 3 is 2.69 bits per heavy atom. The summed E-state index contributed by atoms with van der Waals surface area (Å²) >= 11 is 2.09. The summed E-state index contributed by atoms with van der Waals surface area (Å²) in [5.74, 6) is -1.13. The van der Waals surface area contributed by atoms with Crippen molar-refractivity contribution in [2.24, 2.45) is 0 Å². The zero-order valence-electron chi connectivity index (χ0n) is 7.88. The van der Waals surface area contributed by atoms with Gasteiger partial charge in [-0.1, -0.05) is 0 Å². The molecule has 4 nitrogen and oxygen atoms in total. The summed E-state index contributed by atoms with van der Waals surface area (Å²) in [4.78, 5) is 6.80. The first-order chi connectivity index (χ1) is 7.43. The van der Waals surface area contributed by atoms with E-state index in [9.17, 15) is 13.2 Å². The molecule has 0 radical (unpaired) electrons. The van der Waals surface area contributed by atoms with Gasteiger partial charge in [0.05, 0.1) is 18.3 Å². The molecule has 0 aliphatic rings. The zero-order chi connectivity index (χ0) is 11.9.